The average Bonchev–Trinajstić information content (AvgIpc) is 2.62. The van der Waals surface area contributed by atoms with Gasteiger partial charge in [-0.1, -0.05) is 19.3 Å². The van der Waals surface area contributed by atoms with Crippen LogP contribution in [-0.4, -0.2) is 74.6 Å². The third-order valence-electron chi connectivity index (χ3n) is 5.65. The molecular weight excluding hydrogens is 306 g/mol. The van der Waals surface area contributed by atoms with Crippen LogP contribution in [0.3, 0.4) is 0 Å². The predicted molar refractivity (Wildman–Crippen MR) is 93.7 cm³/mol. The summed E-state index contributed by atoms with van der Waals surface area (Å²) >= 11 is 0. The lowest BCUT2D eigenvalue weighted by molar-refractivity contribution is -0.135. The fraction of sp³-hybridized carbons (Fsp3) is 0.889. The molecule has 0 spiro atoms. The second-order valence-electron chi connectivity index (χ2n) is 7.23. The van der Waals surface area contributed by atoms with Crippen LogP contribution < -0.4 is 5.32 Å². The molecule has 2 amide bonds. The zero-order valence-corrected chi connectivity index (χ0v) is 15.4. The number of likely N-dealkylation sites (N-methyl/N-ethyl adjacent to an activating group) is 1. The number of nitrogens with zero attached hydrogens (tertiary/aromatic N) is 2. The summed E-state index contributed by atoms with van der Waals surface area (Å²) in [6.45, 7) is 2.05. The molecule has 6 nitrogen and oxygen atoms in total. The van der Waals surface area contributed by atoms with E-state index in [0.29, 0.717) is 19.0 Å². The van der Waals surface area contributed by atoms with Crippen molar-refractivity contribution in [2.45, 2.75) is 57.1 Å². The third kappa shape index (κ3) is 5.18. The number of amides is 2. The first kappa shape index (κ1) is 19.2. The van der Waals surface area contributed by atoms with Crippen LogP contribution in [0, 0.1) is 5.92 Å². The van der Waals surface area contributed by atoms with Gasteiger partial charge in [-0.05, 0) is 19.3 Å². The molecule has 24 heavy (non-hydrogen) atoms. The number of carbonyl (C=O) groups is 2. The first-order valence-electron chi connectivity index (χ1n) is 9.26. The summed E-state index contributed by atoms with van der Waals surface area (Å²) in [5.74, 6) is 0.391. The number of hydrogen-bond donors (Lipinski definition) is 1. The topological polar surface area (TPSA) is 61.9 Å². The fourth-order valence-electron chi connectivity index (χ4n) is 4.05. The Hall–Kier alpha value is -1.14. The lowest BCUT2D eigenvalue weighted by atomic mass is 9.91. The van der Waals surface area contributed by atoms with Gasteiger partial charge in [0.15, 0.2) is 0 Å². The van der Waals surface area contributed by atoms with Crippen LogP contribution in [0.2, 0.25) is 0 Å². The molecule has 1 saturated carbocycles. The number of nitrogens with one attached hydrogen (secondary N) is 1. The van der Waals surface area contributed by atoms with Gasteiger partial charge in [0.05, 0.1) is 12.6 Å². The van der Waals surface area contributed by atoms with E-state index in [1.54, 1.807) is 14.2 Å². The van der Waals surface area contributed by atoms with Gasteiger partial charge >= 0.3 is 0 Å². The molecule has 0 radical (unpaired) electrons. The van der Waals surface area contributed by atoms with Gasteiger partial charge in [0, 0.05) is 52.7 Å². The molecule has 1 heterocycles. The predicted octanol–water partition coefficient (Wildman–Crippen LogP) is 1.25. The Kier molecular flexibility index (Phi) is 7.49. The number of methoxy groups -OCH3 is 1. The van der Waals surface area contributed by atoms with Crippen LogP contribution >= 0.6 is 0 Å². The zero-order chi connectivity index (χ0) is 17.5. The van der Waals surface area contributed by atoms with E-state index in [2.05, 4.69) is 10.2 Å². The van der Waals surface area contributed by atoms with Gasteiger partial charge in [0.2, 0.25) is 11.8 Å². The molecule has 1 aliphatic carbocycles. The van der Waals surface area contributed by atoms with E-state index in [4.69, 9.17) is 4.74 Å². The second-order valence-corrected chi connectivity index (χ2v) is 7.23. The van der Waals surface area contributed by atoms with E-state index < -0.39 is 0 Å². The van der Waals surface area contributed by atoms with E-state index in [9.17, 15) is 9.59 Å². The van der Waals surface area contributed by atoms with E-state index in [1.165, 1.54) is 19.3 Å². The Morgan fingerprint density at radius 2 is 1.92 bits per heavy atom. The monoisotopic (exact) mass is 339 g/mol. The summed E-state index contributed by atoms with van der Waals surface area (Å²) in [5.41, 5.74) is 0. The Labute approximate surface area is 145 Å². The van der Waals surface area contributed by atoms with Crippen LogP contribution in [0.1, 0.15) is 44.9 Å². The van der Waals surface area contributed by atoms with Crippen molar-refractivity contribution in [3.05, 3.63) is 0 Å². The molecule has 138 valence electrons. The number of piperidine rings is 1. The Morgan fingerprint density at radius 3 is 2.54 bits per heavy atom. The summed E-state index contributed by atoms with van der Waals surface area (Å²) in [4.78, 5) is 28.5. The van der Waals surface area contributed by atoms with Gasteiger partial charge in [0.1, 0.15) is 0 Å². The SMILES string of the molecule is CNC(=O)C[C@@H]1CN(CC(=O)N(C)C2CCCCC2)CC[C@H]1OC. The molecule has 2 aliphatic rings. The van der Waals surface area contributed by atoms with E-state index in [0.717, 1.165) is 32.4 Å². The van der Waals surface area contributed by atoms with Gasteiger partial charge in [0.25, 0.3) is 0 Å². The molecule has 6 heteroatoms. The summed E-state index contributed by atoms with van der Waals surface area (Å²) in [5, 5.41) is 2.69. The number of likely N-dealkylation sites (tertiary alicyclic amines) is 1. The quantitative estimate of drug-likeness (QED) is 0.791. The second kappa shape index (κ2) is 9.37. The zero-order valence-electron chi connectivity index (χ0n) is 15.4. The molecule has 0 bridgehead atoms. The molecular formula is C18H33N3O3. The van der Waals surface area contributed by atoms with E-state index in [1.807, 2.05) is 11.9 Å². The largest absolute Gasteiger partial charge is 0.381 e. The van der Waals surface area contributed by atoms with Gasteiger partial charge < -0.3 is 15.0 Å². The normalized spacial score (nSPS) is 26.1. The van der Waals surface area contributed by atoms with Crippen LogP contribution in [0.5, 0.6) is 0 Å². The molecule has 1 N–H and O–H groups in total. The highest BCUT2D eigenvalue weighted by molar-refractivity contribution is 5.78. The number of carbonyl (C=O) groups excluding carboxylic acids is 2. The molecule has 2 rings (SSSR count). The Balaban J connectivity index is 1.86. The summed E-state index contributed by atoms with van der Waals surface area (Å²) in [6, 6.07) is 0.407. The first-order chi connectivity index (χ1) is 11.5. The third-order valence-corrected chi connectivity index (χ3v) is 5.65. The Bertz CT molecular complexity index is 424. The summed E-state index contributed by atoms with van der Waals surface area (Å²) < 4.78 is 5.54. The van der Waals surface area contributed by atoms with Crippen molar-refractivity contribution in [2.75, 3.05) is 40.8 Å². The Morgan fingerprint density at radius 1 is 1.21 bits per heavy atom. The van der Waals surface area contributed by atoms with E-state index >= 15 is 0 Å². The minimum absolute atomic E-state index is 0.0366. The lowest BCUT2D eigenvalue weighted by Gasteiger charge is -2.39. The molecule has 1 aliphatic heterocycles. The minimum atomic E-state index is 0.0366. The van der Waals surface area contributed by atoms with Crippen molar-refractivity contribution < 1.29 is 14.3 Å². The molecule has 0 unspecified atom stereocenters. The summed E-state index contributed by atoms with van der Waals surface area (Å²) in [6.07, 6.45) is 7.46. The minimum Gasteiger partial charge on any atom is -0.381 e. The molecule has 0 aromatic heterocycles. The van der Waals surface area contributed by atoms with Crippen molar-refractivity contribution in [1.82, 2.24) is 15.1 Å². The van der Waals surface area contributed by atoms with Crippen LogP contribution in [0.15, 0.2) is 0 Å². The average molecular weight is 339 g/mol. The van der Waals surface area contributed by atoms with Crippen molar-refractivity contribution in [1.29, 1.82) is 0 Å². The maximum atomic E-state index is 12.6. The maximum absolute atomic E-state index is 12.6. The molecule has 0 aromatic carbocycles. The fourth-order valence-corrected chi connectivity index (χ4v) is 4.05. The van der Waals surface area contributed by atoms with Gasteiger partial charge in [-0.15, -0.1) is 0 Å². The van der Waals surface area contributed by atoms with Crippen LogP contribution in [0.4, 0.5) is 0 Å². The highest BCUT2D eigenvalue weighted by atomic mass is 16.5. The highest BCUT2D eigenvalue weighted by Crippen LogP contribution is 2.24. The van der Waals surface area contributed by atoms with Crippen molar-refractivity contribution in [2.24, 2.45) is 5.92 Å². The maximum Gasteiger partial charge on any atom is 0.236 e. The first-order valence-corrected chi connectivity index (χ1v) is 9.26. The lowest BCUT2D eigenvalue weighted by Crippen LogP contribution is -2.50. The van der Waals surface area contributed by atoms with Crippen LogP contribution in [0.25, 0.3) is 0 Å². The molecule has 1 saturated heterocycles. The smallest absolute Gasteiger partial charge is 0.236 e. The van der Waals surface area contributed by atoms with Gasteiger partial charge in [-0.3, -0.25) is 14.5 Å². The molecule has 0 aromatic rings. The standard InChI is InChI=1S/C18H33N3O3/c1-19-17(22)11-14-12-21(10-9-16(14)24-3)13-18(23)20(2)15-7-5-4-6-8-15/h14-16H,4-13H2,1-3H3,(H,19,22)/t14-,16-/m1/s1. The molecule has 2 atom stereocenters. The van der Waals surface area contributed by atoms with Crippen molar-refractivity contribution >= 4 is 11.8 Å². The number of rotatable bonds is 6. The summed E-state index contributed by atoms with van der Waals surface area (Å²) in [7, 11) is 5.31. The number of ether oxygens (including phenoxy) is 1. The highest BCUT2D eigenvalue weighted by Gasteiger charge is 2.32. The van der Waals surface area contributed by atoms with Gasteiger partial charge in [-0.2, -0.15) is 0 Å². The van der Waals surface area contributed by atoms with E-state index in [-0.39, 0.29) is 23.8 Å². The number of hydrogen-bond acceptors (Lipinski definition) is 4. The van der Waals surface area contributed by atoms with Gasteiger partial charge in [-0.25, -0.2) is 0 Å². The van der Waals surface area contributed by atoms with Crippen LogP contribution in [-0.2, 0) is 14.3 Å². The van der Waals surface area contributed by atoms with Crippen molar-refractivity contribution in [3.63, 3.8) is 0 Å². The van der Waals surface area contributed by atoms with Crippen molar-refractivity contribution in [3.8, 4) is 0 Å². The molecule has 2 fully saturated rings.